The van der Waals surface area contributed by atoms with Crippen molar-refractivity contribution in [2.75, 3.05) is 24.2 Å². The summed E-state index contributed by atoms with van der Waals surface area (Å²) in [6, 6.07) is 7.77. The van der Waals surface area contributed by atoms with Gasteiger partial charge in [-0.2, -0.15) is 0 Å². The van der Waals surface area contributed by atoms with Crippen molar-refractivity contribution in [3.63, 3.8) is 0 Å². The molecule has 0 fully saturated rings. The van der Waals surface area contributed by atoms with Crippen molar-refractivity contribution in [3.05, 3.63) is 36.7 Å². The summed E-state index contributed by atoms with van der Waals surface area (Å²) in [6.07, 6.45) is 4.03. The van der Waals surface area contributed by atoms with Crippen LogP contribution in [0.4, 0.5) is 11.4 Å². The number of hydrogen-bond acceptors (Lipinski definition) is 3. The molecular weight excluding hydrogens is 214 g/mol. The Morgan fingerprint density at radius 3 is 2.82 bits per heavy atom. The van der Waals surface area contributed by atoms with Gasteiger partial charge in [0, 0.05) is 48.5 Å². The summed E-state index contributed by atoms with van der Waals surface area (Å²) in [6.45, 7) is 0.641. The van der Waals surface area contributed by atoms with Gasteiger partial charge in [-0.3, -0.25) is 0 Å². The Morgan fingerprint density at radius 1 is 1.35 bits per heavy atom. The van der Waals surface area contributed by atoms with Gasteiger partial charge in [-0.25, -0.2) is 0 Å². The second-order valence-corrected chi connectivity index (χ2v) is 4.02. The number of nitrogen functional groups attached to an aromatic ring is 1. The fourth-order valence-electron chi connectivity index (χ4n) is 1.81. The van der Waals surface area contributed by atoms with Gasteiger partial charge in [0.05, 0.1) is 6.61 Å². The zero-order valence-electron chi connectivity index (χ0n) is 9.85. The maximum absolute atomic E-state index is 8.86. The van der Waals surface area contributed by atoms with Crippen LogP contribution in [0.1, 0.15) is 0 Å². The molecule has 0 aliphatic heterocycles. The largest absolute Gasteiger partial charge is 0.399 e. The minimum absolute atomic E-state index is 0.110. The molecule has 4 heteroatoms. The van der Waals surface area contributed by atoms with Gasteiger partial charge in [0.2, 0.25) is 0 Å². The Balaban J connectivity index is 2.39. The van der Waals surface area contributed by atoms with Crippen LogP contribution in [-0.2, 0) is 7.05 Å². The lowest BCUT2D eigenvalue weighted by molar-refractivity contribution is 0.311. The molecule has 0 aliphatic rings. The molecule has 0 bridgehead atoms. The highest BCUT2D eigenvalue weighted by Gasteiger charge is 2.06. The van der Waals surface area contributed by atoms with E-state index in [1.165, 1.54) is 0 Å². The van der Waals surface area contributed by atoms with Crippen LogP contribution in [0.5, 0.6) is 0 Å². The average molecular weight is 231 g/mol. The Labute approximate surface area is 101 Å². The van der Waals surface area contributed by atoms with Crippen molar-refractivity contribution in [2.45, 2.75) is 0 Å². The third kappa shape index (κ3) is 2.60. The molecule has 4 nitrogen and oxygen atoms in total. The van der Waals surface area contributed by atoms with Crippen molar-refractivity contribution in [3.8, 4) is 11.1 Å². The van der Waals surface area contributed by atoms with E-state index in [0.717, 1.165) is 22.5 Å². The van der Waals surface area contributed by atoms with Crippen molar-refractivity contribution in [1.29, 1.82) is 0 Å². The minimum Gasteiger partial charge on any atom is -0.399 e. The van der Waals surface area contributed by atoms with Gasteiger partial charge in [0.1, 0.15) is 0 Å². The molecule has 0 radical (unpaired) electrons. The Bertz CT molecular complexity index is 505. The topological polar surface area (TPSA) is 63.2 Å². The van der Waals surface area contributed by atoms with E-state index in [1.807, 2.05) is 48.3 Å². The van der Waals surface area contributed by atoms with Gasteiger partial charge in [-0.15, -0.1) is 0 Å². The number of aromatic nitrogens is 1. The van der Waals surface area contributed by atoms with Crippen LogP contribution in [0.25, 0.3) is 11.1 Å². The predicted molar refractivity (Wildman–Crippen MR) is 70.8 cm³/mol. The molecule has 0 unspecified atom stereocenters. The first-order valence-electron chi connectivity index (χ1n) is 5.57. The minimum atomic E-state index is 0.110. The molecule has 0 aliphatic carbocycles. The smallest absolute Gasteiger partial charge is 0.0604 e. The summed E-state index contributed by atoms with van der Waals surface area (Å²) in [5.74, 6) is 0. The number of benzene rings is 1. The summed E-state index contributed by atoms with van der Waals surface area (Å²) in [7, 11) is 1.98. The zero-order valence-corrected chi connectivity index (χ0v) is 9.85. The van der Waals surface area contributed by atoms with Crippen LogP contribution in [0.2, 0.25) is 0 Å². The zero-order chi connectivity index (χ0) is 12.3. The predicted octanol–water partition coefficient (Wildman–Crippen LogP) is 1.68. The number of rotatable bonds is 4. The van der Waals surface area contributed by atoms with E-state index < -0.39 is 0 Å². The standard InChI is InChI=1S/C13H17N3O/c1-16-6-4-10(9-16)12-8-11(14)2-3-13(12)15-5-7-17/h2-4,6,8-9,15,17H,5,7,14H2,1H3. The molecule has 1 aromatic heterocycles. The van der Waals surface area contributed by atoms with Crippen LogP contribution in [0.15, 0.2) is 36.7 Å². The monoisotopic (exact) mass is 231 g/mol. The molecule has 1 aromatic carbocycles. The highest BCUT2D eigenvalue weighted by Crippen LogP contribution is 2.30. The third-order valence-electron chi connectivity index (χ3n) is 2.61. The summed E-state index contributed by atoms with van der Waals surface area (Å²) in [5.41, 5.74) is 9.70. The van der Waals surface area contributed by atoms with Crippen LogP contribution >= 0.6 is 0 Å². The Hall–Kier alpha value is -1.94. The number of aliphatic hydroxyl groups excluding tert-OH is 1. The first kappa shape index (κ1) is 11.5. The molecular formula is C13H17N3O. The first-order chi connectivity index (χ1) is 8.20. The van der Waals surface area contributed by atoms with Gasteiger partial charge in [-0.05, 0) is 24.3 Å². The van der Waals surface area contributed by atoms with Crippen LogP contribution in [0.3, 0.4) is 0 Å². The van der Waals surface area contributed by atoms with Crippen LogP contribution in [-0.4, -0.2) is 22.8 Å². The number of nitrogens with one attached hydrogen (secondary N) is 1. The lowest BCUT2D eigenvalue weighted by Crippen LogP contribution is -2.06. The molecule has 2 aromatic rings. The SMILES string of the molecule is Cn1ccc(-c2cc(N)ccc2NCCO)c1. The maximum Gasteiger partial charge on any atom is 0.0604 e. The second-order valence-electron chi connectivity index (χ2n) is 4.02. The van der Waals surface area contributed by atoms with Gasteiger partial charge >= 0.3 is 0 Å². The quantitative estimate of drug-likeness (QED) is 0.701. The van der Waals surface area contributed by atoms with Gasteiger partial charge in [-0.1, -0.05) is 0 Å². The normalized spacial score (nSPS) is 10.5. The molecule has 0 spiro atoms. The van der Waals surface area contributed by atoms with E-state index >= 15 is 0 Å². The molecule has 0 atom stereocenters. The van der Waals surface area contributed by atoms with E-state index in [0.29, 0.717) is 6.54 Å². The molecule has 0 saturated heterocycles. The number of nitrogens with zero attached hydrogens (tertiary/aromatic N) is 1. The Morgan fingerprint density at radius 2 is 2.18 bits per heavy atom. The highest BCUT2D eigenvalue weighted by atomic mass is 16.3. The summed E-state index contributed by atoms with van der Waals surface area (Å²) >= 11 is 0. The highest BCUT2D eigenvalue weighted by molar-refractivity contribution is 5.80. The molecule has 90 valence electrons. The van der Waals surface area contributed by atoms with Crippen LogP contribution < -0.4 is 11.1 Å². The Kier molecular flexibility index (Phi) is 3.35. The number of hydrogen-bond donors (Lipinski definition) is 3. The fraction of sp³-hybridized carbons (Fsp3) is 0.231. The maximum atomic E-state index is 8.86. The molecule has 0 saturated carbocycles. The number of nitrogens with two attached hydrogens (primary N) is 1. The number of aliphatic hydroxyl groups is 1. The van der Waals surface area contributed by atoms with E-state index in [1.54, 1.807) is 0 Å². The van der Waals surface area contributed by atoms with Gasteiger partial charge in [0.15, 0.2) is 0 Å². The number of aryl methyl sites for hydroxylation is 1. The third-order valence-corrected chi connectivity index (χ3v) is 2.61. The molecule has 17 heavy (non-hydrogen) atoms. The van der Waals surface area contributed by atoms with Gasteiger partial charge in [0.25, 0.3) is 0 Å². The first-order valence-corrected chi connectivity index (χ1v) is 5.57. The van der Waals surface area contributed by atoms with Gasteiger partial charge < -0.3 is 20.7 Å². The molecule has 4 N–H and O–H groups in total. The second kappa shape index (κ2) is 4.93. The summed E-state index contributed by atoms with van der Waals surface area (Å²) in [5, 5.41) is 12.0. The van der Waals surface area contributed by atoms with E-state index in [2.05, 4.69) is 5.32 Å². The molecule has 0 amide bonds. The van der Waals surface area contributed by atoms with Crippen molar-refractivity contribution in [2.24, 2.45) is 7.05 Å². The molecule has 2 rings (SSSR count). The average Bonchev–Trinajstić information content (AvgIpc) is 2.74. The van der Waals surface area contributed by atoms with E-state index in [9.17, 15) is 0 Å². The van der Waals surface area contributed by atoms with Crippen molar-refractivity contribution >= 4 is 11.4 Å². The van der Waals surface area contributed by atoms with Crippen molar-refractivity contribution < 1.29 is 5.11 Å². The lowest BCUT2D eigenvalue weighted by Gasteiger charge is -2.11. The van der Waals surface area contributed by atoms with Crippen LogP contribution in [0, 0.1) is 0 Å². The molecule has 1 heterocycles. The van der Waals surface area contributed by atoms with E-state index in [4.69, 9.17) is 10.8 Å². The van der Waals surface area contributed by atoms with E-state index in [-0.39, 0.29) is 6.61 Å². The summed E-state index contributed by atoms with van der Waals surface area (Å²) < 4.78 is 1.99. The summed E-state index contributed by atoms with van der Waals surface area (Å²) in [4.78, 5) is 0. The van der Waals surface area contributed by atoms with Crippen molar-refractivity contribution in [1.82, 2.24) is 4.57 Å². The fourth-order valence-corrected chi connectivity index (χ4v) is 1.81. The number of anilines is 2. The lowest BCUT2D eigenvalue weighted by atomic mass is 10.1.